The third-order valence-electron chi connectivity index (χ3n) is 5.21. The normalized spacial score (nSPS) is 16.4. The van der Waals surface area contributed by atoms with Crippen molar-refractivity contribution < 1.29 is 14.3 Å². The first-order valence-corrected chi connectivity index (χ1v) is 10.3. The second-order valence-corrected chi connectivity index (χ2v) is 8.01. The summed E-state index contributed by atoms with van der Waals surface area (Å²) in [5.41, 5.74) is 2.94. The Labute approximate surface area is 173 Å². The molecule has 2 aromatic carbocycles. The number of piperazine rings is 1. The molecule has 2 aliphatic heterocycles. The number of rotatable bonds is 5. The Hall–Kier alpha value is -2.09. The number of hydrogen-bond acceptors (Lipinski definition) is 5. The van der Waals surface area contributed by atoms with Crippen LogP contribution in [0.15, 0.2) is 40.9 Å². The number of hydrogen-bond donors (Lipinski definition) is 1. The second-order valence-electron chi connectivity index (χ2n) is 7.16. The fourth-order valence-corrected chi connectivity index (χ4v) is 3.91. The Bertz CT molecular complexity index is 849. The third-order valence-corrected chi connectivity index (χ3v) is 5.95. The van der Waals surface area contributed by atoms with Gasteiger partial charge in [0.2, 0.25) is 6.79 Å². The van der Waals surface area contributed by atoms with Gasteiger partial charge < -0.3 is 24.6 Å². The van der Waals surface area contributed by atoms with Crippen molar-refractivity contribution in [3.63, 3.8) is 0 Å². The van der Waals surface area contributed by atoms with Gasteiger partial charge in [0.05, 0.1) is 0 Å². The van der Waals surface area contributed by atoms with Crippen molar-refractivity contribution in [1.29, 1.82) is 0 Å². The van der Waals surface area contributed by atoms with Gasteiger partial charge in [-0.2, -0.15) is 0 Å². The van der Waals surface area contributed by atoms with E-state index >= 15 is 0 Å². The van der Waals surface area contributed by atoms with E-state index in [1.165, 1.54) is 0 Å². The number of halogens is 1. The maximum atomic E-state index is 12.6. The largest absolute Gasteiger partial charge is 0.454 e. The summed E-state index contributed by atoms with van der Waals surface area (Å²) in [5.74, 6) is 1.70. The molecule has 1 saturated heterocycles. The molecule has 6 nitrogen and oxygen atoms in total. The van der Waals surface area contributed by atoms with Crippen LogP contribution < -0.4 is 14.8 Å². The summed E-state index contributed by atoms with van der Waals surface area (Å²) in [6.45, 7) is 5.08. The van der Waals surface area contributed by atoms with Crippen LogP contribution >= 0.6 is 15.9 Å². The molecule has 4 rings (SSSR count). The molecular weight excluding hydrogens is 422 g/mol. The van der Waals surface area contributed by atoms with Crippen LogP contribution in [0.4, 0.5) is 0 Å². The number of nitrogens with one attached hydrogen (secondary N) is 1. The van der Waals surface area contributed by atoms with Gasteiger partial charge in [-0.3, -0.25) is 4.79 Å². The predicted molar refractivity (Wildman–Crippen MR) is 111 cm³/mol. The van der Waals surface area contributed by atoms with E-state index in [-0.39, 0.29) is 12.7 Å². The van der Waals surface area contributed by atoms with Gasteiger partial charge in [0.25, 0.3) is 5.91 Å². The molecule has 1 amide bonds. The first-order chi connectivity index (χ1) is 13.6. The van der Waals surface area contributed by atoms with Crippen molar-refractivity contribution in [2.24, 2.45) is 0 Å². The lowest BCUT2D eigenvalue weighted by Gasteiger charge is -2.32. The summed E-state index contributed by atoms with van der Waals surface area (Å²) >= 11 is 3.58. The van der Waals surface area contributed by atoms with Gasteiger partial charge in [-0.25, -0.2) is 0 Å². The van der Waals surface area contributed by atoms with E-state index in [0.717, 1.165) is 58.8 Å². The summed E-state index contributed by atoms with van der Waals surface area (Å²) < 4.78 is 12.0. The van der Waals surface area contributed by atoms with Gasteiger partial charge in [-0.1, -0.05) is 28.1 Å². The zero-order chi connectivity index (χ0) is 19.5. The SMILES string of the molecule is CN1CCN(C(=O)c2ccc(CNCc3c(Br)ccc4c3OCO4)cc2)CC1. The van der Waals surface area contributed by atoms with Crippen LogP contribution in [0.2, 0.25) is 0 Å². The Morgan fingerprint density at radius 1 is 1.04 bits per heavy atom. The van der Waals surface area contributed by atoms with Gasteiger partial charge in [0, 0.05) is 54.9 Å². The van der Waals surface area contributed by atoms with E-state index in [9.17, 15) is 4.79 Å². The van der Waals surface area contributed by atoms with E-state index in [1.54, 1.807) is 0 Å². The Morgan fingerprint density at radius 2 is 1.79 bits per heavy atom. The smallest absolute Gasteiger partial charge is 0.253 e. The lowest BCUT2D eigenvalue weighted by Crippen LogP contribution is -2.47. The molecule has 0 unspecified atom stereocenters. The standard InChI is InChI=1S/C21H24BrN3O3/c1-24-8-10-25(11-9-24)21(26)16-4-2-15(3-5-16)12-23-13-17-18(22)6-7-19-20(17)28-14-27-19/h2-7,23H,8-14H2,1H3. The molecule has 2 heterocycles. The third kappa shape index (κ3) is 4.16. The maximum Gasteiger partial charge on any atom is 0.253 e. The van der Waals surface area contributed by atoms with Crippen molar-refractivity contribution in [1.82, 2.24) is 15.1 Å². The molecule has 0 atom stereocenters. The van der Waals surface area contributed by atoms with Gasteiger partial charge >= 0.3 is 0 Å². The summed E-state index contributed by atoms with van der Waals surface area (Å²) in [4.78, 5) is 16.8. The van der Waals surface area contributed by atoms with E-state index in [0.29, 0.717) is 13.1 Å². The molecule has 0 spiro atoms. The lowest BCUT2D eigenvalue weighted by atomic mass is 10.1. The summed E-state index contributed by atoms with van der Waals surface area (Å²) in [7, 11) is 2.09. The van der Waals surface area contributed by atoms with E-state index in [2.05, 4.69) is 33.2 Å². The minimum absolute atomic E-state index is 0.119. The Balaban J connectivity index is 1.33. The fraction of sp³-hybridized carbons (Fsp3) is 0.381. The molecule has 1 N–H and O–H groups in total. The topological polar surface area (TPSA) is 54.0 Å². The number of ether oxygens (including phenoxy) is 2. The van der Waals surface area contributed by atoms with Crippen LogP contribution in [0.25, 0.3) is 0 Å². The molecule has 0 radical (unpaired) electrons. The molecular formula is C21H24BrN3O3. The first kappa shape index (κ1) is 19.2. The molecule has 2 aromatic rings. The summed E-state index contributed by atoms with van der Waals surface area (Å²) in [6, 6.07) is 11.8. The monoisotopic (exact) mass is 445 g/mol. The zero-order valence-corrected chi connectivity index (χ0v) is 17.5. The fourth-order valence-electron chi connectivity index (χ4n) is 3.46. The van der Waals surface area contributed by atoms with Crippen molar-refractivity contribution in [3.8, 4) is 11.5 Å². The number of fused-ring (bicyclic) bond motifs is 1. The lowest BCUT2D eigenvalue weighted by molar-refractivity contribution is 0.0664. The summed E-state index contributed by atoms with van der Waals surface area (Å²) in [6.07, 6.45) is 0. The quantitative estimate of drug-likeness (QED) is 0.766. The number of carbonyl (C=O) groups is 1. The maximum absolute atomic E-state index is 12.6. The number of nitrogens with zero attached hydrogens (tertiary/aromatic N) is 2. The minimum Gasteiger partial charge on any atom is -0.454 e. The Kier molecular flexibility index (Phi) is 5.85. The molecule has 148 valence electrons. The number of likely N-dealkylation sites (N-methyl/N-ethyl adjacent to an activating group) is 1. The molecule has 0 saturated carbocycles. The van der Waals surface area contributed by atoms with Gasteiger partial charge in [-0.15, -0.1) is 0 Å². The molecule has 1 fully saturated rings. The van der Waals surface area contributed by atoms with Crippen LogP contribution in [-0.2, 0) is 13.1 Å². The molecule has 0 aliphatic carbocycles. The predicted octanol–water partition coefficient (Wildman–Crippen LogP) is 2.86. The van der Waals surface area contributed by atoms with E-state index in [1.807, 2.05) is 41.3 Å². The number of benzene rings is 2. The van der Waals surface area contributed by atoms with E-state index in [4.69, 9.17) is 9.47 Å². The highest BCUT2D eigenvalue weighted by Crippen LogP contribution is 2.39. The minimum atomic E-state index is 0.119. The van der Waals surface area contributed by atoms with Gasteiger partial charge in [0.1, 0.15) is 0 Å². The Morgan fingerprint density at radius 3 is 2.54 bits per heavy atom. The summed E-state index contributed by atoms with van der Waals surface area (Å²) in [5, 5.41) is 3.44. The molecule has 0 aromatic heterocycles. The first-order valence-electron chi connectivity index (χ1n) is 9.46. The number of amides is 1. The zero-order valence-electron chi connectivity index (χ0n) is 15.9. The molecule has 7 heteroatoms. The number of carbonyl (C=O) groups excluding carboxylic acids is 1. The van der Waals surface area contributed by atoms with E-state index < -0.39 is 0 Å². The van der Waals surface area contributed by atoms with Crippen molar-refractivity contribution >= 4 is 21.8 Å². The second kappa shape index (κ2) is 8.51. The van der Waals surface area contributed by atoms with Crippen LogP contribution in [0.1, 0.15) is 21.5 Å². The van der Waals surface area contributed by atoms with Crippen LogP contribution in [0.3, 0.4) is 0 Å². The van der Waals surface area contributed by atoms with Crippen molar-refractivity contribution in [3.05, 3.63) is 57.6 Å². The molecule has 28 heavy (non-hydrogen) atoms. The highest BCUT2D eigenvalue weighted by molar-refractivity contribution is 9.10. The average molecular weight is 446 g/mol. The average Bonchev–Trinajstić information content (AvgIpc) is 3.19. The molecule has 2 aliphatic rings. The van der Waals surface area contributed by atoms with Crippen LogP contribution in [0, 0.1) is 0 Å². The highest BCUT2D eigenvalue weighted by Gasteiger charge is 2.21. The molecule has 0 bridgehead atoms. The van der Waals surface area contributed by atoms with Crippen LogP contribution in [-0.4, -0.2) is 55.7 Å². The van der Waals surface area contributed by atoms with Crippen molar-refractivity contribution in [2.45, 2.75) is 13.1 Å². The highest BCUT2D eigenvalue weighted by atomic mass is 79.9. The van der Waals surface area contributed by atoms with Crippen molar-refractivity contribution in [2.75, 3.05) is 40.0 Å². The van der Waals surface area contributed by atoms with Crippen LogP contribution in [0.5, 0.6) is 11.5 Å². The van der Waals surface area contributed by atoms with Gasteiger partial charge in [-0.05, 0) is 36.9 Å². The van der Waals surface area contributed by atoms with Gasteiger partial charge in [0.15, 0.2) is 11.5 Å².